The Balaban J connectivity index is 1.84. The van der Waals surface area contributed by atoms with E-state index < -0.39 is 0 Å². The van der Waals surface area contributed by atoms with E-state index in [9.17, 15) is 9.18 Å². The summed E-state index contributed by atoms with van der Waals surface area (Å²) in [5.74, 6) is -0.0613. The van der Waals surface area contributed by atoms with Crippen LogP contribution in [-0.2, 0) is 11.2 Å². The molecule has 0 aromatic heterocycles. The molecule has 0 saturated carbocycles. The van der Waals surface area contributed by atoms with Crippen LogP contribution in [0, 0.1) is 11.2 Å². The third kappa shape index (κ3) is 3.79. The van der Waals surface area contributed by atoms with Gasteiger partial charge in [0.15, 0.2) is 0 Å². The summed E-state index contributed by atoms with van der Waals surface area (Å²) < 4.78 is 13.5. The smallest absolute Gasteiger partial charge is 0.222 e. The molecule has 2 rings (SSSR count). The van der Waals surface area contributed by atoms with E-state index in [1.165, 1.54) is 6.07 Å². The average Bonchev–Trinajstić information content (AvgIpc) is 2.37. The van der Waals surface area contributed by atoms with Gasteiger partial charge >= 0.3 is 0 Å². The maximum atomic E-state index is 13.5. The van der Waals surface area contributed by atoms with Crippen LogP contribution >= 0.6 is 0 Å². The molecule has 0 unspecified atom stereocenters. The van der Waals surface area contributed by atoms with E-state index in [4.69, 9.17) is 0 Å². The van der Waals surface area contributed by atoms with Crippen LogP contribution in [0.25, 0.3) is 0 Å². The van der Waals surface area contributed by atoms with Gasteiger partial charge in [0.2, 0.25) is 5.91 Å². The Hall–Kier alpha value is -1.38. The van der Waals surface area contributed by atoms with Crippen molar-refractivity contribution >= 4 is 5.91 Å². The first-order valence-electron chi connectivity index (χ1n) is 6.99. The second kappa shape index (κ2) is 5.72. The Bertz CT molecular complexity index is 446. The molecule has 0 bridgehead atoms. The molecule has 0 spiro atoms. The maximum absolute atomic E-state index is 13.5. The van der Waals surface area contributed by atoms with Gasteiger partial charge in [0.05, 0.1) is 0 Å². The van der Waals surface area contributed by atoms with Gasteiger partial charge in [0.1, 0.15) is 5.82 Å². The molecule has 1 aliphatic rings. The second-order valence-electron chi connectivity index (χ2n) is 6.14. The minimum Gasteiger partial charge on any atom is -0.343 e. The summed E-state index contributed by atoms with van der Waals surface area (Å²) in [6, 6.07) is 6.69. The molecule has 0 radical (unpaired) electrons. The molecular weight excluding hydrogens is 241 g/mol. The molecule has 19 heavy (non-hydrogen) atoms. The predicted molar refractivity (Wildman–Crippen MR) is 74.3 cm³/mol. The molecule has 0 N–H and O–H groups in total. The Labute approximate surface area is 114 Å². The molecule has 3 heteroatoms. The first-order chi connectivity index (χ1) is 8.98. The zero-order chi connectivity index (χ0) is 13.9. The van der Waals surface area contributed by atoms with Crippen LogP contribution in [0.15, 0.2) is 24.3 Å². The molecule has 1 amide bonds. The van der Waals surface area contributed by atoms with Crippen molar-refractivity contribution in [1.29, 1.82) is 0 Å². The highest BCUT2D eigenvalue weighted by Gasteiger charge is 2.27. The van der Waals surface area contributed by atoms with Crippen molar-refractivity contribution < 1.29 is 9.18 Å². The molecule has 1 aromatic carbocycles. The number of carbonyl (C=O) groups is 1. The van der Waals surface area contributed by atoms with E-state index in [1.807, 2.05) is 11.0 Å². The molecule has 0 atom stereocenters. The van der Waals surface area contributed by atoms with Crippen molar-refractivity contribution in [2.45, 2.75) is 39.5 Å². The summed E-state index contributed by atoms with van der Waals surface area (Å²) in [7, 11) is 0. The number of halogens is 1. The Morgan fingerprint density at radius 1 is 1.26 bits per heavy atom. The van der Waals surface area contributed by atoms with Crippen LogP contribution in [0.5, 0.6) is 0 Å². The molecule has 0 aliphatic carbocycles. The van der Waals surface area contributed by atoms with Crippen molar-refractivity contribution in [1.82, 2.24) is 4.90 Å². The zero-order valence-electron chi connectivity index (χ0n) is 11.8. The van der Waals surface area contributed by atoms with Gasteiger partial charge in [0, 0.05) is 19.5 Å². The summed E-state index contributed by atoms with van der Waals surface area (Å²) in [5.41, 5.74) is 0.982. The lowest BCUT2D eigenvalue weighted by Crippen LogP contribution is -2.41. The van der Waals surface area contributed by atoms with Gasteiger partial charge < -0.3 is 4.90 Å². The van der Waals surface area contributed by atoms with E-state index in [1.54, 1.807) is 12.1 Å². The fourth-order valence-corrected chi connectivity index (χ4v) is 2.46. The van der Waals surface area contributed by atoms with E-state index in [-0.39, 0.29) is 11.7 Å². The maximum Gasteiger partial charge on any atom is 0.222 e. The third-order valence-corrected chi connectivity index (χ3v) is 4.04. The molecule has 104 valence electrons. The van der Waals surface area contributed by atoms with Gasteiger partial charge in [-0.1, -0.05) is 32.0 Å². The second-order valence-corrected chi connectivity index (χ2v) is 6.14. The number of amides is 1. The van der Waals surface area contributed by atoms with E-state index in [2.05, 4.69) is 13.8 Å². The highest BCUT2D eigenvalue weighted by Crippen LogP contribution is 2.29. The molecule has 1 heterocycles. The van der Waals surface area contributed by atoms with Crippen LogP contribution < -0.4 is 0 Å². The van der Waals surface area contributed by atoms with Gasteiger partial charge in [0.25, 0.3) is 0 Å². The van der Waals surface area contributed by atoms with Crippen molar-refractivity contribution in [2.75, 3.05) is 13.1 Å². The summed E-state index contributed by atoms with van der Waals surface area (Å²) in [4.78, 5) is 14.0. The molecule has 2 nitrogen and oxygen atoms in total. The molecule has 1 aliphatic heterocycles. The average molecular weight is 263 g/mol. The quantitative estimate of drug-likeness (QED) is 0.818. The lowest BCUT2D eigenvalue weighted by Gasteiger charge is -2.37. The number of aryl methyl sites for hydroxylation is 1. The first kappa shape index (κ1) is 14.0. The number of rotatable bonds is 3. The van der Waals surface area contributed by atoms with Crippen molar-refractivity contribution in [3.05, 3.63) is 35.6 Å². The molecule has 1 aromatic rings. The fourth-order valence-electron chi connectivity index (χ4n) is 2.46. The number of nitrogens with zero attached hydrogens (tertiary/aromatic N) is 1. The van der Waals surface area contributed by atoms with Gasteiger partial charge in [-0.2, -0.15) is 0 Å². The number of carbonyl (C=O) groups excluding carboxylic acids is 1. The molecular formula is C16H22FNO. The number of piperidine rings is 1. The van der Waals surface area contributed by atoms with Crippen LogP contribution in [0.1, 0.15) is 38.7 Å². The fraction of sp³-hybridized carbons (Fsp3) is 0.562. The predicted octanol–water partition coefficient (Wildman–Crippen LogP) is 3.41. The van der Waals surface area contributed by atoms with Crippen molar-refractivity contribution in [2.24, 2.45) is 5.41 Å². The van der Waals surface area contributed by atoms with Gasteiger partial charge in [-0.3, -0.25) is 4.79 Å². The normalized spacial score (nSPS) is 18.4. The van der Waals surface area contributed by atoms with Gasteiger partial charge in [-0.15, -0.1) is 0 Å². The number of hydrogen-bond acceptors (Lipinski definition) is 1. The Morgan fingerprint density at radius 3 is 2.53 bits per heavy atom. The van der Waals surface area contributed by atoms with E-state index in [0.29, 0.717) is 23.8 Å². The number of likely N-dealkylation sites (tertiary alicyclic amines) is 1. The number of benzene rings is 1. The highest BCUT2D eigenvalue weighted by atomic mass is 19.1. The largest absolute Gasteiger partial charge is 0.343 e. The summed E-state index contributed by atoms with van der Waals surface area (Å²) in [5, 5.41) is 0. The lowest BCUT2D eigenvalue weighted by molar-refractivity contribution is -0.133. The molecule has 1 fully saturated rings. The summed E-state index contributed by atoms with van der Waals surface area (Å²) >= 11 is 0. The minimum atomic E-state index is -0.213. The SMILES string of the molecule is CC1(C)CCN(C(=O)CCc2ccccc2F)CC1. The van der Waals surface area contributed by atoms with Gasteiger partial charge in [-0.05, 0) is 36.3 Å². The van der Waals surface area contributed by atoms with Gasteiger partial charge in [-0.25, -0.2) is 4.39 Å². The van der Waals surface area contributed by atoms with Crippen LogP contribution in [0.2, 0.25) is 0 Å². The van der Waals surface area contributed by atoms with Crippen molar-refractivity contribution in [3.63, 3.8) is 0 Å². The third-order valence-electron chi connectivity index (χ3n) is 4.04. The Morgan fingerprint density at radius 2 is 1.89 bits per heavy atom. The van der Waals surface area contributed by atoms with Crippen LogP contribution in [0.4, 0.5) is 4.39 Å². The number of hydrogen-bond donors (Lipinski definition) is 0. The monoisotopic (exact) mass is 263 g/mol. The summed E-state index contributed by atoms with van der Waals surface area (Å²) in [6.45, 7) is 6.16. The van der Waals surface area contributed by atoms with E-state index in [0.717, 1.165) is 25.9 Å². The topological polar surface area (TPSA) is 20.3 Å². The standard InChI is InChI=1S/C16H22FNO/c1-16(2)9-11-18(12-10-16)15(19)8-7-13-5-3-4-6-14(13)17/h3-6H,7-12H2,1-2H3. The zero-order valence-corrected chi connectivity index (χ0v) is 11.8. The summed E-state index contributed by atoms with van der Waals surface area (Å²) in [6.07, 6.45) is 3.00. The van der Waals surface area contributed by atoms with Crippen LogP contribution in [0.3, 0.4) is 0 Å². The van der Waals surface area contributed by atoms with Crippen molar-refractivity contribution in [3.8, 4) is 0 Å². The first-order valence-corrected chi connectivity index (χ1v) is 6.99. The van der Waals surface area contributed by atoms with Crippen LogP contribution in [-0.4, -0.2) is 23.9 Å². The minimum absolute atomic E-state index is 0.152. The Kier molecular flexibility index (Phi) is 4.23. The molecule has 1 saturated heterocycles. The lowest BCUT2D eigenvalue weighted by atomic mass is 9.82. The highest BCUT2D eigenvalue weighted by molar-refractivity contribution is 5.76. The van der Waals surface area contributed by atoms with E-state index >= 15 is 0 Å².